The molecule has 0 unspecified atom stereocenters. The van der Waals surface area contributed by atoms with Gasteiger partial charge in [-0.25, -0.2) is 9.97 Å². The highest BCUT2D eigenvalue weighted by atomic mass is 32.2. The molecule has 0 bridgehead atoms. The van der Waals surface area contributed by atoms with Crippen LogP contribution < -0.4 is 4.74 Å². The van der Waals surface area contributed by atoms with Gasteiger partial charge < -0.3 is 9.30 Å². The second-order valence-corrected chi connectivity index (χ2v) is 8.35. The van der Waals surface area contributed by atoms with E-state index >= 15 is 0 Å². The molecule has 4 nitrogen and oxygen atoms in total. The summed E-state index contributed by atoms with van der Waals surface area (Å²) in [5, 5.41) is 2.01. The van der Waals surface area contributed by atoms with E-state index in [0.717, 1.165) is 54.1 Å². The molecular formula is C20H25N3OS2. The van der Waals surface area contributed by atoms with E-state index in [4.69, 9.17) is 4.74 Å². The van der Waals surface area contributed by atoms with Gasteiger partial charge in [0, 0.05) is 42.7 Å². The highest BCUT2D eigenvalue weighted by molar-refractivity contribution is 8.00. The minimum Gasteiger partial charge on any atom is -0.493 e. The molecule has 0 saturated heterocycles. The summed E-state index contributed by atoms with van der Waals surface area (Å²) < 4.78 is 9.41. The number of nitrogens with zero attached hydrogens (tertiary/aromatic N) is 3. The minimum atomic E-state index is 0.731. The highest BCUT2D eigenvalue weighted by Gasteiger charge is 2.08. The number of thiazole rings is 1. The van der Waals surface area contributed by atoms with Crippen LogP contribution in [0, 0.1) is 6.92 Å². The third-order valence-corrected chi connectivity index (χ3v) is 6.25. The number of imidazole rings is 1. The third kappa shape index (κ3) is 5.11. The van der Waals surface area contributed by atoms with Gasteiger partial charge in [0.25, 0.3) is 0 Å². The van der Waals surface area contributed by atoms with Crippen LogP contribution in [0.25, 0.3) is 0 Å². The van der Waals surface area contributed by atoms with Crippen molar-refractivity contribution in [1.29, 1.82) is 0 Å². The van der Waals surface area contributed by atoms with Crippen LogP contribution in [0.15, 0.2) is 46.5 Å². The van der Waals surface area contributed by atoms with E-state index in [1.54, 1.807) is 23.1 Å². The molecule has 0 atom stereocenters. The molecule has 6 heteroatoms. The van der Waals surface area contributed by atoms with Crippen molar-refractivity contribution < 1.29 is 4.74 Å². The standard InChI is InChI=1S/C20H25N3OS2/c1-3-6-19-21-9-11-23(19)15-17-7-4-8-18(16(17)2)24-12-5-13-25-20-22-10-14-26-20/h4,7-11,14H,3,5-6,12-13,15H2,1-2H3. The average Bonchev–Trinajstić information content (AvgIpc) is 3.30. The van der Waals surface area contributed by atoms with Crippen LogP contribution in [0.2, 0.25) is 0 Å². The van der Waals surface area contributed by atoms with Crippen LogP contribution in [-0.4, -0.2) is 26.9 Å². The Morgan fingerprint density at radius 2 is 2.15 bits per heavy atom. The van der Waals surface area contributed by atoms with Crippen LogP contribution >= 0.6 is 23.1 Å². The van der Waals surface area contributed by atoms with E-state index in [-0.39, 0.29) is 0 Å². The molecule has 3 rings (SSSR count). The Labute approximate surface area is 163 Å². The molecule has 0 fully saturated rings. The normalized spacial score (nSPS) is 11.0. The van der Waals surface area contributed by atoms with Crippen molar-refractivity contribution in [2.24, 2.45) is 0 Å². The van der Waals surface area contributed by atoms with Crippen LogP contribution in [0.1, 0.15) is 36.7 Å². The number of benzene rings is 1. The van der Waals surface area contributed by atoms with Crippen LogP contribution in [0.4, 0.5) is 0 Å². The van der Waals surface area contributed by atoms with Crippen molar-refractivity contribution in [3.8, 4) is 5.75 Å². The second-order valence-electron chi connectivity index (χ2n) is 6.11. The van der Waals surface area contributed by atoms with Gasteiger partial charge in [-0.05, 0) is 37.0 Å². The van der Waals surface area contributed by atoms with Gasteiger partial charge in [0.2, 0.25) is 0 Å². The molecule has 2 aromatic heterocycles. The summed E-state index contributed by atoms with van der Waals surface area (Å²) in [5.74, 6) is 3.16. The molecule has 2 heterocycles. The number of thioether (sulfide) groups is 1. The van der Waals surface area contributed by atoms with Crippen molar-refractivity contribution in [3.05, 3.63) is 59.1 Å². The number of hydrogen-bond donors (Lipinski definition) is 0. The van der Waals surface area contributed by atoms with Crippen molar-refractivity contribution in [1.82, 2.24) is 14.5 Å². The summed E-state index contributed by atoms with van der Waals surface area (Å²) in [6, 6.07) is 6.32. The summed E-state index contributed by atoms with van der Waals surface area (Å²) in [4.78, 5) is 8.76. The molecule has 0 saturated carbocycles. The molecule has 1 aromatic carbocycles. The van der Waals surface area contributed by atoms with Gasteiger partial charge in [-0.3, -0.25) is 0 Å². The zero-order chi connectivity index (χ0) is 18.2. The van der Waals surface area contributed by atoms with Gasteiger partial charge >= 0.3 is 0 Å². The maximum Gasteiger partial charge on any atom is 0.149 e. The van der Waals surface area contributed by atoms with E-state index in [2.05, 4.69) is 52.8 Å². The Morgan fingerprint density at radius 3 is 2.96 bits per heavy atom. The number of ether oxygens (including phenoxy) is 1. The molecule has 138 valence electrons. The Bertz CT molecular complexity index is 799. The fraction of sp³-hybridized carbons (Fsp3) is 0.400. The van der Waals surface area contributed by atoms with E-state index in [0.29, 0.717) is 0 Å². The number of hydrogen-bond acceptors (Lipinski definition) is 5. The summed E-state index contributed by atoms with van der Waals surface area (Å²) in [5.41, 5.74) is 2.51. The minimum absolute atomic E-state index is 0.731. The predicted octanol–water partition coefficient (Wildman–Crippen LogP) is 5.21. The van der Waals surface area contributed by atoms with Crippen molar-refractivity contribution in [2.45, 2.75) is 44.0 Å². The van der Waals surface area contributed by atoms with Crippen molar-refractivity contribution >= 4 is 23.1 Å². The lowest BCUT2D eigenvalue weighted by molar-refractivity contribution is 0.316. The largest absolute Gasteiger partial charge is 0.493 e. The second kappa shape index (κ2) is 9.78. The number of aromatic nitrogens is 3. The zero-order valence-corrected chi connectivity index (χ0v) is 17.0. The molecule has 0 aliphatic carbocycles. The third-order valence-electron chi connectivity index (χ3n) is 4.19. The lowest BCUT2D eigenvalue weighted by Gasteiger charge is -2.14. The van der Waals surface area contributed by atoms with Crippen molar-refractivity contribution in [2.75, 3.05) is 12.4 Å². The van der Waals surface area contributed by atoms with Gasteiger partial charge in [-0.2, -0.15) is 0 Å². The van der Waals surface area contributed by atoms with Gasteiger partial charge in [0.15, 0.2) is 0 Å². The molecule has 0 spiro atoms. The first kappa shape index (κ1) is 19.0. The SMILES string of the molecule is CCCc1nccn1Cc1cccc(OCCCSc2nccs2)c1C. The Balaban J connectivity index is 1.54. The van der Waals surface area contributed by atoms with Gasteiger partial charge in [0.05, 0.1) is 6.61 Å². The Morgan fingerprint density at radius 1 is 1.23 bits per heavy atom. The first-order valence-corrected chi connectivity index (χ1v) is 10.9. The summed E-state index contributed by atoms with van der Waals surface area (Å²) in [7, 11) is 0. The molecule has 26 heavy (non-hydrogen) atoms. The van der Waals surface area contributed by atoms with Gasteiger partial charge in [0.1, 0.15) is 15.9 Å². The zero-order valence-electron chi connectivity index (χ0n) is 15.4. The fourth-order valence-corrected chi connectivity index (χ4v) is 4.41. The Kier molecular flexibility index (Phi) is 7.14. The van der Waals surface area contributed by atoms with Crippen LogP contribution in [0.5, 0.6) is 5.75 Å². The number of aryl methyl sites for hydroxylation is 1. The topological polar surface area (TPSA) is 39.9 Å². The quantitative estimate of drug-likeness (QED) is 0.354. The summed E-state index contributed by atoms with van der Waals surface area (Å²) in [6.45, 7) is 5.91. The Hall–Kier alpha value is -1.79. The molecule has 3 aromatic rings. The summed E-state index contributed by atoms with van der Waals surface area (Å²) >= 11 is 3.49. The molecular weight excluding hydrogens is 362 g/mol. The lowest BCUT2D eigenvalue weighted by atomic mass is 10.1. The van der Waals surface area contributed by atoms with Gasteiger partial charge in [-0.1, -0.05) is 30.8 Å². The molecule has 0 radical (unpaired) electrons. The van der Waals surface area contributed by atoms with Crippen molar-refractivity contribution in [3.63, 3.8) is 0 Å². The maximum absolute atomic E-state index is 6.04. The van der Waals surface area contributed by atoms with E-state index in [1.165, 1.54) is 11.1 Å². The fourth-order valence-electron chi connectivity index (χ4n) is 2.79. The molecule has 0 N–H and O–H groups in total. The number of rotatable bonds is 10. The van der Waals surface area contributed by atoms with Gasteiger partial charge in [-0.15, -0.1) is 11.3 Å². The molecule has 0 aliphatic rings. The smallest absolute Gasteiger partial charge is 0.149 e. The monoisotopic (exact) mass is 387 g/mol. The van der Waals surface area contributed by atoms with E-state index in [9.17, 15) is 0 Å². The predicted molar refractivity (Wildman–Crippen MR) is 109 cm³/mol. The highest BCUT2D eigenvalue weighted by Crippen LogP contribution is 2.24. The lowest BCUT2D eigenvalue weighted by Crippen LogP contribution is -2.07. The average molecular weight is 388 g/mol. The molecule has 0 aliphatic heterocycles. The molecule has 0 amide bonds. The maximum atomic E-state index is 6.04. The first-order valence-electron chi connectivity index (χ1n) is 9.01. The van der Waals surface area contributed by atoms with Crippen LogP contribution in [0.3, 0.4) is 0 Å². The first-order chi connectivity index (χ1) is 12.8. The summed E-state index contributed by atoms with van der Waals surface area (Å²) in [6.07, 6.45) is 8.94. The van der Waals surface area contributed by atoms with E-state index < -0.39 is 0 Å². The van der Waals surface area contributed by atoms with Crippen LogP contribution in [-0.2, 0) is 13.0 Å². The van der Waals surface area contributed by atoms with E-state index in [1.807, 2.05) is 17.8 Å².